The van der Waals surface area contributed by atoms with E-state index >= 15 is 0 Å². The van der Waals surface area contributed by atoms with Gasteiger partial charge in [-0.05, 0) is 18.2 Å². The summed E-state index contributed by atoms with van der Waals surface area (Å²) in [5, 5.41) is 12.6. The first-order valence-corrected chi connectivity index (χ1v) is 6.99. The summed E-state index contributed by atoms with van der Waals surface area (Å²) in [6, 6.07) is 6.96. The van der Waals surface area contributed by atoms with Gasteiger partial charge in [0.15, 0.2) is 0 Å². The monoisotopic (exact) mass is 330 g/mol. The number of fused-ring (bicyclic) bond motifs is 2. The molecule has 3 rings (SSSR count). The minimum Gasteiger partial charge on any atom is -0.618 e. The van der Waals surface area contributed by atoms with E-state index in [-0.39, 0.29) is 4.83 Å². The van der Waals surface area contributed by atoms with Crippen molar-refractivity contribution in [1.29, 1.82) is 0 Å². The van der Waals surface area contributed by atoms with Gasteiger partial charge in [0.05, 0.1) is 11.1 Å². The van der Waals surface area contributed by atoms with E-state index in [0.29, 0.717) is 28.1 Å². The summed E-state index contributed by atoms with van der Waals surface area (Å²) < 4.78 is 0.858. The number of hydrogen-bond donors (Lipinski definition) is 1. The van der Waals surface area contributed by atoms with Gasteiger partial charge in [0.1, 0.15) is 4.83 Å². The van der Waals surface area contributed by atoms with Crippen molar-refractivity contribution in [3.05, 3.63) is 64.9 Å². The third kappa shape index (κ3) is 1.91. The molecule has 0 radical (unpaired) electrons. The van der Waals surface area contributed by atoms with Crippen LogP contribution in [0.15, 0.2) is 54.1 Å². The van der Waals surface area contributed by atoms with Crippen molar-refractivity contribution in [1.82, 2.24) is 0 Å². The molecule has 1 aliphatic heterocycles. The van der Waals surface area contributed by atoms with Crippen LogP contribution in [-0.2, 0) is 4.79 Å². The normalized spacial score (nSPS) is 20.6. The molecule has 1 aromatic carbocycles. The van der Waals surface area contributed by atoms with Crippen LogP contribution in [0.3, 0.4) is 0 Å². The number of primary amides is 1. The average molecular weight is 331 g/mol. The molecule has 1 heterocycles. The van der Waals surface area contributed by atoms with Crippen LogP contribution in [0, 0.1) is 5.21 Å². The number of carbonyl (C=O) groups is 1. The van der Waals surface area contributed by atoms with Crippen molar-refractivity contribution in [2.75, 3.05) is 0 Å². The lowest BCUT2D eigenvalue weighted by atomic mass is 9.98. The fourth-order valence-electron chi connectivity index (χ4n) is 2.39. The Hall–Kier alpha value is -2.14. The van der Waals surface area contributed by atoms with E-state index in [9.17, 15) is 10.0 Å². The molecule has 0 bridgehead atoms. The minimum absolute atomic E-state index is 0.198. The SMILES string of the molecule is NC(=O)C1=CC2=CC=CC(Br)C2=[N+]([O-])c2ccccc21. The molecule has 5 heteroatoms. The molecule has 2 aliphatic rings. The largest absolute Gasteiger partial charge is 0.618 e. The number of para-hydroxylation sites is 1. The first-order valence-electron chi connectivity index (χ1n) is 6.07. The molecular weight excluding hydrogens is 320 g/mol. The van der Waals surface area contributed by atoms with Crippen molar-refractivity contribution in [3.63, 3.8) is 0 Å². The summed E-state index contributed by atoms with van der Waals surface area (Å²) in [5.74, 6) is -0.548. The number of nitrogens with two attached hydrogens (primary N) is 1. The van der Waals surface area contributed by atoms with Gasteiger partial charge in [0.2, 0.25) is 17.3 Å². The Bertz CT molecular complexity index is 729. The predicted octanol–water partition coefficient (Wildman–Crippen LogP) is 2.41. The van der Waals surface area contributed by atoms with Gasteiger partial charge < -0.3 is 10.9 Å². The molecule has 2 N–H and O–H groups in total. The first kappa shape index (κ1) is 12.9. The van der Waals surface area contributed by atoms with Gasteiger partial charge in [-0.2, -0.15) is 4.74 Å². The van der Waals surface area contributed by atoms with E-state index in [1.165, 1.54) is 0 Å². The van der Waals surface area contributed by atoms with E-state index in [1.807, 2.05) is 12.2 Å². The molecule has 100 valence electrons. The zero-order chi connectivity index (χ0) is 14.3. The van der Waals surface area contributed by atoms with Gasteiger partial charge in [-0.3, -0.25) is 4.79 Å². The number of carbonyl (C=O) groups excluding carboxylic acids is 1. The molecule has 1 aliphatic carbocycles. The highest BCUT2D eigenvalue weighted by Crippen LogP contribution is 2.33. The molecule has 0 fully saturated rings. The van der Waals surface area contributed by atoms with Gasteiger partial charge in [0, 0.05) is 11.6 Å². The highest BCUT2D eigenvalue weighted by atomic mass is 79.9. The molecule has 0 saturated carbocycles. The van der Waals surface area contributed by atoms with Gasteiger partial charge in [-0.25, -0.2) is 0 Å². The lowest BCUT2D eigenvalue weighted by Crippen LogP contribution is -2.24. The summed E-state index contributed by atoms with van der Waals surface area (Å²) in [6.07, 6.45) is 7.19. The molecule has 0 spiro atoms. The number of benzene rings is 1. The summed E-state index contributed by atoms with van der Waals surface area (Å²) in [4.78, 5) is 11.5. The molecule has 1 unspecified atom stereocenters. The van der Waals surface area contributed by atoms with E-state index in [2.05, 4.69) is 15.9 Å². The van der Waals surface area contributed by atoms with E-state index in [0.717, 1.165) is 4.74 Å². The van der Waals surface area contributed by atoms with Crippen molar-refractivity contribution in [2.45, 2.75) is 4.83 Å². The second kappa shape index (κ2) is 4.76. The Kier molecular flexibility index (Phi) is 3.06. The smallest absolute Gasteiger partial charge is 0.249 e. The van der Waals surface area contributed by atoms with Crippen LogP contribution in [-0.4, -0.2) is 21.2 Å². The van der Waals surface area contributed by atoms with Gasteiger partial charge in [0.25, 0.3) is 0 Å². The van der Waals surface area contributed by atoms with E-state index in [4.69, 9.17) is 5.73 Å². The summed E-state index contributed by atoms with van der Waals surface area (Å²) in [5.41, 5.74) is 8.03. The Balaban J connectivity index is 2.37. The Labute approximate surface area is 124 Å². The van der Waals surface area contributed by atoms with E-state index in [1.54, 1.807) is 36.4 Å². The Morgan fingerprint density at radius 2 is 2.10 bits per heavy atom. The molecule has 0 saturated heterocycles. The maximum absolute atomic E-state index is 12.6. The number of amides is 1. The second-order valence-electron chi connectivity index (χ2n) is 4.53. The number of allylic oxidation sites excluding steroid dienone is 5. The predicted molar refractivity (Wildman–Crippen MR) is 81.8 cm³/mol. The van der Waals surface area contributed by atoms with Crippen molar-refractivity contribution in [2.24, 2.45) is 5.73 Å². The van der Waals surface area contributed by atoms with Crippen LogP contribution in [0.4, 0.5) is 5.69 Å². The highest BCUT2D eigenvalue weighted by molar-refractivity contribution is 9.10. The first-order chi connectivity index (χ1) is 9.59. The standard InChI is InChI=1S/C15H11BrN2O2/c16-12-6-3-4-9-8-11(15(17)19)10-5-1-2-7-13(10)18(20)14(9)12/h1-8,12H,(H2,17,19). The number of alkyl halides is 1. The number of halogens is 1. The molecule has 20 heavy (non-hydrogen) atoms. The summed E-state index contributed by atoms with van der Waals surface area (Å²) >= 11 is 3.46. The Morgan fingerprint density at radius 1 is 1.35 bits per heavy atom. The summed E-state index contributed by atoms with van der Waals surface area (Å²) in [6.45, 7) is 0. The quantitative estimate of drug-likeness (QED) is 0.488. The lowest BCUT2D eigenvalue weighted by Gasteiger charge is -2.14. The van der Waals surface area contributed by atoms with Gasteiger partial charge >= 0.3 is 0 Å². The van der Waals surface area contributed by atoms with Crippen LogP contribution >= 0.6 is 15.9 Å². The zero-order valence-electron chi connectivity index (χ0n) is 10.4. The highest BCUT2D eigenvalue weighted by Gasteiger charge is 2.31. The molecule has 1 amide bonds. The third-order valence-electron chi connectivity index (χ3n) is 3.31. The fourth-order valence-corrected chi connectivity index (χ4v) is 3.02. The van der Waals surface area contributed by atoms with E-state index < -0.39 is 5.91 Å². The van der Waals surface area contributed by atoms with Gasteiger partial charge in [-0.1, -0.05) is 40.2 Å². The lowest BCUT2D eigenvalue weighted by molar-refractivity contribution is -0.361. The molecule has 1 aromatic rings. The number of hydrogen-bond acceptors (Lipinski definition) is 2. The second-order valence-corrected chi connectivity index (χ2v) is 5.51. The van der Waals surface area contributed by atoms with Crippen molar-refractivity contribution < 1.29 is 9.53 Å². The van der Waals surface area contributed by atoms with Crippen LogP contribution in [0.2, 0.25) is 0 Å². The topological polar surface area (TPSA) is 69.2 Å². The number of nitrogens with zero attached hydrogens (tertiary/aromatic N) is 1. The molecular formula is C15H11BrN2O2. The third-order valence-corrected chi connectivity index (χ3v) is 4.05. The zero-order valence-corrected chi connectivity index (χ0v) is 12.0. The van der Waals surface area contributed by atoms with Crippen LogP contribution in [0.25, 0.3) is 5.57 Å². The van der Waals surface area contributed by atoms with Crippen LogP contribution in [0.5, 0.6) is 0 Å². The fraction of sp³-hybridized carbons (Fsp3) is 0.0667. The molecule has 1 atom stereocenters. The maximum Gasteiger partial charge on any atom is 0.249 e. The van der Waals surface area contributed by atoms with Gasteiger partial charge in [-0.15, -0.1) is 0 Å². The van der Waals surface area contributed by atoms with Crippen molar-refractivity contribution in [3.8, 4) is 0 Å². The van der Waals surface area contributed by atoms with Crippen LogP contribution in [0.1, 0.15) is 5.56 Å². The number of rotatable bonds is 1. The molecule has 0 aromatic heterocycles. The summed E-state index contributed by atoms with van der Waals surface area (Å²) in [7, 11) is 0. The maximum atomic E-state index is 12.6. The van der Waals surface area contributed by atoms with Crippen LogP contribution < -0.4 is 5.73 Å². The average Bonchev–Trinajstić information content (AvgIpc) is 2.56. The Morgan fingerprint density at radius 3 is 2.85 bits per heavy atom. The van der Waals surface area contributed by atoms with Crippen molar-refractivity contribution >= 4 is 38.8 Å². The molecule has 4 nitrogen and oxygen atoms in total. The minimum atomic E-state index is -0.548.